The Hall–Kier alpha value is -2.98. The molecule has 1 aliphatic rings. The van der Waals surface area contributed by atoms with Crippen LogP contribution in [-0.4, -0.2) is 36.3 Å². The maximum absolute atomic E-state index is 12.9. The molecule has 1 saturated heterocycles. The summed E-state index contributed by atoms with van der Waals surface area (Å²) in [5, 5.41) is 2.41. The zero-order chi connectivity index (χ0) is 22.8. The molecule has 168 valence electrons. The number of nitrogens with zero attached hydrogens (tertiary/aromatic N) is 1. The molecule has 0 bridgehead atoms. The number of hydrogen-bond donors (Lipinski definition) is 1. The second-order valence-corrected chi connectivity index (χ2v) is 7.25. The normalized spacial score (nSPS) is 15.7. The second-order valence-electron chi connectivity index (χ2n) is 7.25. The summed E-state index contributed by atoms with van der Waals surface area (Å²) in [4.78, 5) is 26.1. The zero-order valence-electron chi connectivity index (χ0n) is 16.0. The van der Waals surface area contributed by atoms with Gasteiger partial charge < -0.3 is 14.6 Å². The highest BCUT2D eigenvalue weighted by Crippen LogP contribution is 2.36. The van der Waals surface area contributed by atoms with Crippen molar-refractivity contribution in [1.82, 2.24) is 10.2 Å². The number of piperidine rings is 1. The van der Waals surface area contributed by atoms with Gasteiger partial charge in [-0.25, -0.2) is 0 Å². The Labute approximate surface area is 173 Å². The number of benzene rings is 1. The maximum Gasteiger partial charge on any atom is 0.416 e. The van der Waals surface area contributed by atoms with Gasteiger partial charge >= 0.3 is 12.4 Å². The Balaban J connectivity index is 1.60. The third-order valence-corrected chi connectivity index (χ3v) is 5.07. The van der Waals surface area contributed by atoms with E-state index in [0.717, 1.165) is 0 Å². The SMILES string of the molecule is O=C(NCC1CCN(C(=O)c2ccoc2)CC1)c1cc(C(F)(F)F)cc(C(F)(F)F)c1. The minimum atomic E-state index is -5.02. The van der Waals surface area contributed by atoms with E-state index in [1.807, 2.05) is 0 Å². The highest BCUT2D eigenvalue weighted by atomic mass is 19.4. The van der Waals surface area contributed by atoms with Crippen molar-refractivity contribution in [3.63, 3.8) is 0 Å². The van der Waals surface area contributed by atoms with Crippen molar-refractivity contribution >= 4 is 11.8 Å². The third kappa shape index (κ3) is 5.59. The summed E-state index contributed by atoms with van der Waals surface area (Å²) < 4.78 is 82.5. The molecule has 0 aliphatic carbocycles. The molecule has 2 aromatic rings. The topological polar surface area (TPSA) is 62.6 Å². The van der Waals surface area contributed by atoms with Crippen LogP contribution >= 0.6 is 0 Å². The monoisotopic (exact) mass is 448 g/mol. The third-order valence-electron chi connectivity index (χ3n) is 5.07. The van der Waals surface area contributed by atoms with Crippen LogP contribution in [0, 0.1) is 5.92 Å². The molecular formula is C20H18F6N2O3. The average molecular weight is 448 g/mol. The average Bonchev–Trinajstić information content (AvgIpc) is 3.25. The molecule has 2 heterocycles. The Morgan fingerprint density at radius 3 is 2.03 bits per heavy atom. The number of nitrogens with one attached hydrogen (secondary N) is 1. The Morgan fingerprint density at radius 2 is 1.55 bits per heavy atom. The number of carbonyl (C=O) groups excluding carboxylic acids is 2. The summed E-state index contributed by atoms with van der Waals surface area (Å²) >= 11 is 0. The largest absolute Gasteiger partial charge is 0.472 e. The van der Waals surface area contributed by atoms with Crippen LogP contribution < -0.4 is 5.32 Å². The van der Waals surface area contributed by atoms with Gasteiger partial charge in [-0.1, -0.05) is 0 Å². The van der Waals surface area contributed by atoms with E-state index in [4.69, 9.17) is 4.42 Å². The van der Waals surface area contributed by atoms with Gasteiger partial charge in [0.15, 0.2) is 0 Å². The number of alkyl halides is 6. The molecule has 11 heteroatoms. The number of rotatable bonds is 4. The van der Waals surface area contributed by atoms with Crippen LogP contribution in [0.3, 0.4) is 0 Å². The Kier molecular flexibility index (Phi) is 6.33. The predicted molar refractivity (Wildman–Crippen MR) is 96.1 cm³/mol. The van der Waals surface area contributed by atoms with Crippen LogP contribution in [0.15, 0.2) is 41.2 Å². The first-order valence-corrected chi connectivity index (χ1v) is 9.34. The van der Waals surface area contributed by atoms with Crippen LogP contribution in [0.4, 0.5) is 26.3 Å². The molecule has 0 spiro atoms. The van der Waals surface area contributed by atoms with Gasteiger partial charge in [0.2, 0.25) is 0 Å². The minimum absolute atomic E-state index is 0.0243. The lowest BCUT2D eigenvalue weighted by atomic mass is 9.96. The van der Waals surface area contributed by atoms with Gasteiger partial charge in [-0.15, -0.1) is 0 Å². The van der Waals surface area contributed by atoms with Crippen LogP contribution in [0.1, 0.15) is 44.7 Å². The van der Waals surface area contributed by atoms with Crippen molar-refractivity contribution in [2.45, 2.75) is 25.2 Å². The van der Waals surface area contributed by atoms with E-state index in [-0.39, 0.29) is 24.4 Å². The van der Waals surface area contributed by atoms with Crippen molar-refractivity contribution in [3.05, 3.63) is 59.0 Å². The van der Waals surface area contributed by atoms with E-state index in [2.05, 4.69) is 5.32 Å². The van der Waals surface area contributed by atoms with Gasteiger partial charge in [-0.2, -0.15) is 26.3 Å². The summed E-state index contributed by atoms with van der Waals surface area (Å²) in [6.45, 7) is 0.892. The molecule has 1 fully saturated rings. The van der Waals surface area contributed by atoms with Gasteiger partial charge in [-0.05, 0) is 43.0 Å². The standard InChI is InChI=1S/C20H18F6N2O3/c21-19(22,23)15-7-14(8-16(9-15)20(24,25)26)17(29)27-10-12-1-4-28(5-2-12)18(30)13-3-6-31-11-13/h3,6-9,11-12H,1-2,4-5,10H2,(H,27,29). The number of halogens is 6. The number of furan rings is 1. The van der Waals surface area contributed by atoms with Crippen LogP contribution in [0.2, 0.25) is 0 Å². The van der Waals surface area contributed by atoms with Crippen molar-refractivity contribution < 1.29 is 40.3 Å². The van der Waals surface area contributed by atoms with Gasteiger partial charge in [0.05, 0.1) is 23.0 Å². The molecule has 31 heavy (non-hydrogen) atoms. The Morgan fingerprint density at radius 1 is 0.968 bits per heavy atom. The van der Waals surface area contributed by atoms with Gasteiger partial charge in [0.1, 0.15) is 6.26 Å². The fourth-order valence-corrected chi connectivity index (χ4v) is 3.33. The lowest BCUT2D eigenvalue weighted by Crippen LogP contribution is -2.41. The van der Waals surface area contributed by atoms with Gasteiger partial charge in [0, 0.05) is 25.2 Å². The fraction of sp³-hybridized carbons (Fsp3) is 0.400. The van der Waals surface area contributed by atoms with E-state index < -0.39 is 35.0 Å². The maximum atomic E-state index is 12.9. The molecule has 3 rings (SSSR count). The smallest absolute Gasteiger partial charge is 0.416 e. The number of amides is 2. The number of hydrogen-bond acceptors (Lipinski definition) is 3. The summed E-state index contributed by atoms with van der Waals surface area (Å²) in [5.74, 6) is -1.28. The Bertz CT molecular complexity index is 897. The molecular weight excluding hydrogens is 430 g/mol. The minimum Gasteiger partial charge on any atom is -0.472 e. The molecule has 2 amide bonds. The zero-order valence-corrected chi connectivity index (χ0v) is 16.0. The predicted octanol–water partition coefficient (Wildman–Crippen LogP) is 4.60. The van der Waals surface area contributed by atoms with E-state index in [1.165, 1.54) is 12.5 Å². The molecule has 1 N–H and O–H groups in total. The molecule has 1 aromatic heterocycles. The first kappa shape index (κ1) is 22.7. The summed E-state index contributed by atoms with van der Waals surface area (Å²) in [6, 6.07) is 2.32. The molecule has 0 unspecified atom stereocenters. The molecule has 0 atom stereocenters. The van der Waals surface area contributed by atoms with E-state index in [1.54, 1.807) is 11.0 Å². The van der Waals surface area contributed by atoms with Crippen LogP contribution in [-0.2, 0) is 12.4 Å². The lowest BCUT2D eigenvalue weighted by molar-refractivity contribution is -0.143. The van der Waals surface area contributed by atoms with Crippen molar-refractivity contribution in [3.8, 4) is 0 Å². The van der Waals surface area contributed by atoms with Crippen LogP contribution in [0.25, 0.3) is 0 Å². The van der Waals surface area contributed by atoms with Crippen molar-refractivity contribution in [2.75, 3.05) is 19.6 Å². The molecule has 0 radical (unpaired) electrons. The quantitative estimate of drug-likeness (QED) is 0.696. The molecule has 1 aliphatic heterocycles. The van der Waals surface area contributed by atoms with Crippen molar-refractivity contribution in [1.29, 1.82) is 0 Å². The van der Waals surface area contributed by atoms with Crippen LogP contribution in [0.5, 0.6) is 0 Å². The van der Waals surface area contributed by atoms with Gasteiger partial charge in [0.25, 0.3) is 11.8 Å². The summed E-state index contributed by atoms with van der Waals surface area (Å²) in [7, 11) is 0. The summed E-state index contributed by atoms with van der Waals surface area (Å²) in [5.41, 5.74) is -3.39. The highest BCUT2D eigenvalue weighted by molar-refractivity contribution is 5.95. The molecule has 0 saturated carbocycles. The van der Waals surface area contributed by atoms with E-state index in [0.29, 0.717) is 43.6 Å². The van der Waals surface area contributed by atoms with Crippen molar-refractivity contribution in [2.24, 2.45) is 5.92 Å². The fourth-order valence-electron chi connectivity index (χ4n) is 3.33. The van der Waals surface area contributed by atoms with E-state index in [9.17, 15) is 35.9 Å². The molecule has 5 nitrogen and oxygen atoms in total. The first-order valence-electron chi connectivity index (χ1n) is 9.34. The van der Waals surface area contributed by atoms with E-state index >= 15 is 0 Å². The summed E-state index contributed by atoms with van der Waals surface area (Å²) in [6.07, 6.45) is -6.28. The lowest BCUT2D eigenvalue weighted by Gasteiger charge is -2.31. The highest BCUT2D eigenvalue weighted by Gasteiger charge is 2.37. The van der Waals surface area contributed by atoms with Gasteiger partial charge in [-0.3, -0.25) is 9.59 Å². The second kappa shape index (κ2) is 8.64. The number of likely N-dealkylation sites (tertiary alicyclic amines) is 1. The molecule has 1 aromatic carbocycles. The number of carbonyl (C=O) groups is 2. The first-order chi connectivity index (χ1) is 14.4.